The second-order valence-corrected chi connectivity index (χ2v) is 7.72. The van der Waals surface area contributed by atoms with Gasteiger partial charge < -0.3 is 4.98 Å². The molecule has 0 unspecified atom stereocenters. The van der Waals surface area contributed by atoms with Crippen molar-refractivity contribution in [2.45, 2.75) is 25.3 Å². The van der Waals surface area contributed by atoms with Gasteiger partial charge in [0.25, 0.3) is 5.56 Å². The normalized spacial score (nSPS) is 11.8. The lowest BCUT2D eigenvalue weighted by Crippen LogP contribution is -2.27. The van der Waals surface area contributed by atoms with Gasteiger partial charge in [-0.1, -0.05) is 11.6 Å². The van der Waals surface area contributed by atoms with Gasteiger partial charge in [-0.2, -0.15) is 0 Å². The van der Waals surface area contributed by atoms with Crippen LogP contribution in [0.4, 0.5) is 4.39 Å². The third-order valence-electron chi connectivity index (χ3n) is 3.97. The van der Waals surface area contributed by atoms with E-state index in [0.29, 0.717) is 11.1 Å². The Morgan fingerprint density at radius 2 is 1.84 bits per heavy atom. The van der Waals surface area contributed by atoms with Crippen molar-refractivity contribution in [2.75, 3.05) is 0 Å². The molecule has 0 radical (unpaired) electrons. The molecule has 0 aliphatic heterocycles. The van der Waals surface area contributed by atoms with Gasteiger partial charge in [-0.25, -0.2) is 17.5 Å². The molecule has 5 nitrogen and oxygen atoms in total. The van der Waals surface area contributed by atoms with Crippen LogP contribution in [-0.4, -0.2) is 13.4 Å². The van der Waals surface area contributed by atoms with Gasteiger partial charge >= 0.3 is 0 Å². The Bertz CT molecular complexity index is 1120. The number of aromatic amines is 1. The smallest absolute Gasteiger partial charge is 0.252 e. The van der Waals surface area contributed by atoms with E-state index in [1.165, 1.54) is 19.1 Å². The minimum absolute atomic E-state index is 0.0422. The number of hydrogen-bond donors (Lipinski definition) is 2. The predicted molar refractivity (Wildman–Crippen MR) is 94.5 cm³/mol. The molecular weight excluding hydrogens is 343 g/mol. The fraction of sp³-hybridized carbons (Fsp3) is 0.167. The fourth-order valence-electron chi connectivity index (χ4n) is 2.54. The molecule has 7 heteroatoms. The standard InChI is InChI=1S/C18H17FN2O3S/c1-11-3-6-17-13(7-11)9-14(18(22)21-17)10-20-25(23,24)15-4-5-16(19)12(2)8-15/h3-9,20H,10H2,1-2H3,(H,21,22). The summed E-state index contributed by atoms with van der Waals surface area (Å²) in [5.41, 5.74) is 1.92. The molecule has 0 bridgehead atoms. The Labute approximate surface area is 144 Å². The van der Waals surface area contributed by atoms with Crippen LogP contribution >= 0.6 is 0 Å². The third-order valence-corrected chi connectivity index (χ3v) is 5.37. The summed E-state index contributed by atoms with van der Waals surface area (Å²) in [5, 5.41) is 0.825. The molecule has 0 amide bonds. The molecule has 1 aromatic heterocycles. The van der Waals surface area contributed by atoms with Crippen LogP contribution in [0.3, 0.4) is 0 Å². The molecule has 2 N–H and O–H groups in total. The average molecular weight is 360 g/mol. The van der Waals surface area contributed by atoms with Crippen molar-refractivity contribution in [1.29, 1.82) is 0 Å². The van der Waals surface area contributed by atoms with Crippen molar-refractivity contribution in [2.24, 2.45) is 0 Å². The summed E-state index contributed by atoms with van der Waals surface area (Å²) in [6.45, 7) is 3.27. The van der Waals surface area contributed by atoms with Crippen LogP contribution in [0.5, 0.6) is 0 Å². The van der Waals surface area contributed by atoms with Gasteiger partial charge in [0, 0.05) is 17.6 Å². The summed E-state index contributed by atoms with van der Waals surface area (Å²) in [4.78, 5) is 14.8. The zero-order valence-corrected chi connectivity index (χ0v) is 14.6. The van der Waals surface area contributed by atoms with Gasteiger partial charge in [-0.05, 0) is 61.2 Å². The molecule has 0 saturated heterocycles. The predicted octanol–water partition coefficient (Wildman–Crippen LogP) is 2.76. The number of pyridine rings is 1. The largest absolute Gasteiger partial charge is 0.322 e. The lowest BCUT2D eigenvalue weighted by molar-refractivity contribution is 0.579. The monoisotopic (exact) mass is 360 g/mol. The van der Waals surface area contributed by atoms with Crippen LogP contribution in [0.1, 0.15) is 16.7 Å². The van der Waals surface area contributed by atoms with Gasteiger partial charge in [0.15, 0.2) is 0 Å². The van der Waals surface area contributed by atoms with Crippen molar-refractivity contribution in [3.63, 3.8) is 0 Å². The number of hydrogen-bond acceptors (Lipinski definition) is 3. The highest BCUT2D eigenvalue weighted by Crippen LogP contribution is 2.16. The number of benzene rings is 2. The van der Waals surface area contributed by atoms with Gasteiger partial charge in [-0.15, -0.1) is 0 Å². The summed E-state index contributed by atoms with van der Waals surface area (Å²) >= 11 is 0. The zero-order valence-electron chi connectivity index (χ0n) is 13.8. The van der Waals surface area contributed by atoms with Crippen molar-refractivity contribution >= 4 is 20.9 Å². The number of fused-ring (bicyclic) bond motifs is 1. The van der Waals surface area contributed by atoms with Crippen LogP contribution in [0, 0.1) is 19.7 Å². The first kappa shape index (κ1) is 17.3. The Morgan fingerprint density at radius 1 is 1.08 bits per heavy atom. The zero-order chi connectivity index (χ0) is 18.2. The minimum Gasteiger partial charge on any atom is -0.322 e. The Morgan fingerprint density at radius 3 is 2.56 bits per heavy atom. The number of aromatic nitrogens is 1. The van der Waals surface area contributed by atoms with E-state index in [-0.39, 0.29) is 22.6 Å². The lowest BCUT2D eigenvalue weighted by atomic mass is 10.1. The third kappa shape index (κ3) is 3.62. The summed E-state index contributed by atoms with van der Waals surface area (Å²) < 4.78 is 40.4. The molecule has 3 rings (SSSR count). The van der Waals surface area contributed by atoms with Crippen LogP contribution in [0.15, 0.2) is 52.2 Å². The van der Waals surface area contributed by atoms with Crippen LogP contribution in [0.2, 0.25) is 0 Å². The Balaban J connectivity index is 1.89. The maximum Gasteiger partial charge on any atom is 0.252 e. The van der Waals surface area contributed by atoms with Crippen molar-refractivity contribution in [3.8, 4) is 0 Å². The summed E-state index contributed by atoms with van der Waals surface area (Å²) in [5.74, 6) is -0.472. The topological polar surface area (TPSA) is 79.0 Å². The molecule has 1 heterocycles. The average Bonchev–Trinajstić information content (AvgIpc) is 2.55. The Hall–Kier alpha value is -2.51. The van der Waals surface area contributed by atoms with Crippen molar-refractivity contribution in [1.82, 2.24) is 9.71 Å². The van der Waals surface area contributed by atoms with Gasteiger partial charge in [0.2, 0.25) is 10.0 Å². The first-order chi connectivity index (χ1) is 11.8. The van der Waals surface area contributed by atoms with Crippen molar-refractivity contribution < 1.29 is 12.8 Å². The highest BCUT2D eigenvalue weighted by atomic mass is 32.2. The van der Waals surface area contributed by atoms with Gasteiger partial charge in [0.1, 0.15) is 5.82 Å². The number of nitrogens with one attached hydrogen (secondary N) is 2. The van der Waals surface area contributed by atoms with Crippen LogP contribution in [-0.2, 0) is 16.6 Å². The SMILES string of the molecule is Cc1ccc2[nH]c(=O)c(CNS(=O)(=O)c3ccc(F)c(C)c3)cc2c1. The van der Waals surface area contributed by atoms with Gasteiger partial charge in [0.05, 0.1) is 4.90 Å². The Kier molecular flexibility index (Phi) is 4.45. The molecule has 0 fully saturated rings. The summed E-state index contributed by atoms with van der Waals surface area (Å²) in [6.07, 6.45) is 0. The molecule has 0 spiro atoms. The number of H-pyrrole nitrogens is 1. The van der Waals surface area contributed by atoms with E-state index in [1.54, 1.807) is 12.1 Å². The number of sulfonamides is 1. The number of rotatable bonds is 4. The van der Waals surface area contributed by atoms with E-state index < -0.39 is 15.8 Å². The van der Waals surface area contributed by atoms with E-state index in [2.05, 4.69) is 9.71 Å². The maximum absolute atomic E-state index is 13.3. The number of aryl methyl sites for hydroxylation is 2. The first-order valence-corrected chi connectivity index (χ1v) is 9.13. The fourth-order valence-corrected chi connectivity index (χ4v) is 3.63. The molecule has 2 aromatic carbocycles. The molecule has 0 aliphatic rings. The number of halogens is 1. The highest BCUT2D eigenvalue weighted by molar-refractivity contribution is 7.89. The lowest BCUT2D eigenvalue weighted by Gasteiger charge is -2.08. The van der Waals surface area contributed by atoms with E-state index in [9.17, 15) is 17.6 Å². The summed E-state index contributed by atoms with van der Waals surface area (Å²) in [6, 6.07) is 10.8. The molecule has 130 valence electrons. The maximum atomic E-state index is 13.3. The van der Waals surface area contributed by atoms with E-state index in [0.717, 1.165) is 17.0 Å². The van der Waals surface area contributed by atoms with E-state index in [4.69, 9.17) is 0 Å². The molecule has 0 aliphatic carbocycles. The van der Waals surface area contributed by atoms with Crippen LogP contribution < -0.4 is 10.3 Å². The second-order valence-electron chi connectivity index (χ2n) is 5.95. The molecule has 25 heavy (non-hydrogen) atoms. The summed E-state index contributed by atoms with van der Waals surface area (Å²) in [7, 11) is -3.85. The molecule has 0 saturated carbocycles. The highest BCUT2D eigenvalue weighted by Gasteiger charge is 2.16. The minimum atomic E-state index is -3.85. The molecular formula is C18H17FN2O3S. The van der Waals surface area contributed by atoms with E-state index in [1.807, 2.05) is 19.1 Å². The van der Waals surface area contributed by atoms with Crippen molar-refractivity contribution in [3.05, 3.63) is 75.3 Å². The van der Waals surface area contributed by atoms with Gasteiger partial charge in [-0.3, -0.25) is 4.79 Å². The quantitative estimate of drug-likeness (QED) is 0.751. The first-order valence-electron chi connectivity index (χ1n) is 7.65. The molecule has 3 aromatic rings. The van der Waals surface area contributed by atoms with Crippen LogP contribution in [0.25, 0.3) is 10.9 Å². The van der Waals surface area contributed by atoms with E-state index >= 15 is 0 Å². The molecule has 0 atom stereocenters. The second kappa shape index (κ2) is 6.42.